The van der Waals surface area contributed by atoms with E-state index in [1.807, 2.05) is 17.5 Å². The number of nitrogens with zero attached hydrogens (tertiary/aromatic N) is 1. The number of carbonyl (C=O) groups is 1. The summed E-state index contributed by atoms with van der Waals surface area (Å²) in [5.74, 6) is 0.0489. The van der Waals surface area contributed by atoms with Crippen molar-refractivity contribution in [2.75, 3.05) is 19.6 Å². The molecule has 0 saturated carbocycles. The Morgan fingerprint density at radius 3 is 3.10 bits per heavy atom. The highest BCUT2D eigenvalue weighted by atomic mass is 32.1. The first-order chi connectivity index (χ1) is 9.54. The third-order valence-electron chi connectivity index (χ3n) is 3.84. The molecule has 1 saturated heterocycles. The van der Waals surface area contributed by atoms with Crippen molar-refractivity contribution in [1.29, 1.82) is 0 Å². The van der Waals surface area contributed by atoms with Crippen LogP contribution >= 0.6 is 11.3 Å². The lowest BCUT2D eigenvalue weighted by Crippen LogP contribution is -2.47. The van der Waals surface area contributed by atoms with Crippen LogP contribution in [-0.4, -0.2) is 41.6 Å². The molecule has 20 heavy (non-hydrogen) atoms. The minimum absolute atomic E-state index is 0.0194. The van der Waals surface area contributed by atoms with Crippen LogP contribution in [0.4, 0.5) is 0 Å². The smallest absolute Gasteiger partial charge is 0.237 e. The normalized spacial score (nSPS) is 22.6. The Kier molecular flexibility index (Phi) is 5.18. The molecule has 0 unspecified atom stereocenters. The molecule has 1 aromatic rings. The van der Waals surface area contributed by atoms with Crippen LogP contribution in [0.15, 0.2) is 17.5 Å². The first-order valence-corrected chi connectivity index (χ1v) is 8.20. The Morgan fingerprint density at radius 2 is 2.45 bits per heavy atom. The molecule has 0 aliphatic carbocycles. The monoisotopic (exact) mass is 296 g/mol. The molecule has 2 heterocycles. The lowest BCUT2D eigenvalue weighted by molar-refractivity contribution is -0.126. The van der Waals surface area contributed by atoms with Crippen molar-refractivity contribution in [2.45, 2.75) is 44.8 Å². The van der Waals surface area contributed by atoms with E-state index in [0.717, 1.165) is 37.2 Å². The van der Waals surface area contributed by atoms with Crippen LogP contribution in [0.2, 0.25) is 0 Å². The van der Waals surface area contributed by atoms with Gasteiger partial charge in [-0.2, -0.15) is 0 Å². The van der Waals surface area contributed by atoms with Crippen LogP contribution in [-0.2, 0) is 10.4 Å². The first-order valence-electron chi connectivity index (χ1n) is 7.32. The van der Waals surface area contributed by atoms with Crippen molar-refractivity contribution in [1.82, 2.24) is 10.2 Å². The van der Waals surface area contributed by atoms with E-state index >= 15 is 0 Å². The minimum Gasteiger partial charge on any atom is -0.383 e. The van der Waals surface area contributed by atoms with Gasteiger partial charge in [-0.15, -0.1) is 11.3 Å². The van der Waals surface area contributed by atoms with Crippen molar-refractivity contribution in [3.63, 3.8) is 0 Å². The number of hydrogen-bond acceptors (Lipinski definition) is 4. The molecule has 1 aliphatic rings. The topological polar surface area (TPSA) is 52.6 Å². The van der Waals surface area contributed by atoms with Gasteiger partial charge in [0.2, 0.25) is 5.91 Å². The number of hydrogen-bond donors (Lipinski definition) is 2. The van der Waals surface area contributed by atoms with Gasteiger partial charge in [0, 0.05) is 4.88 Å². The van der Waals surface area contributed by atoms with Gasteiger partial charge < -0.3 is 10.4 Å². The Labute approximate surface area is 124 Å². The third-order valence-corrected chi connectivity index (χ3v) is 4.96. The first kappa shape index (κ1) is 15.5. The second-order valence-corrected chi connectivity index (χ2v) is 6.61. The number of thiophene rings is 1. The Balaban J connectivity index is 1.89. The summed E-state index contributed by atoms with van der Waals surface area (Å²) in [7, 11) is 0. The van der Waals surface area contributed by atoms with Crippen molar-refractivity contribution in [3.05, 3.63) is 22.4 Å². The lowest BCUT2D eigenvalue weighted by atomic mass is 10.0. The van der Waals surface area contributed by atoms with Gasteiger partial charge in [0.15, 0.2) is 0 Å². The van der Waals surface area contributed by atoms with E-state index in [-0.39, 0.29) is 18.5 Å². The second kappa shape index (κ2) is 6.70. The molecule has 2 atom stereocenters. The summed E-state index contributed by atoms with van der Waals surface area (Å²) < 4.78 is 0. The molecule has 0 spiro atoms. The average molecular weight is 296 g/mol. The van der Waals surface area contributed by atoms with E-state index in [1.54, 1.807) is 6.92 Å². The number of rotatable bonds is 6. The van der Waals surface area contributed by atoms with E-state index in [2.05, 4.69) is 17.1 Å². The Bertz CT molecular complexity index is 431. The van der Waals surface area contributed by atoms with Gasteiger partial charge in [0.05, 0.1) is 12.6 Å². The maximum atomic E-state index is 12.3. The Morgan fingerprint density at radius 1 is 1.65 bits per heavy atom. The van der Waals surface area contributed by atoms with Crippen LogP contribution in [0.3, 0.4) is 0 Å². The molecule has 112 valence electrons. The van der Waals surface area contributed by atoms with Crippen LogP contribution in [0.1, 0.15) is 38.0 Å². The highest BCUT2D eigenvalue weighted by Gasteiger charge is 2.32. The van der Waals surface area contributed by atoms with Gasteiger partial charge >= 0.3 is 0 Å². The molecule has 4 nitrogen and oxygen atoms in total. The lowest BCUT2D eigenvalue weighted by Gasteiger charge is -2.26. The van der Waals surface area contributed by atoms with E-state index in [1.165, 1.54) is 11.3 Å². The predicted octanol–water partition coefficient (Wildman–Crippen LogP) is 1.95. The van der Waals surface area contributed by atoms with Gasteiger partial charge in [-0.3, -0.25) is 9.69 Å². The number of amides is 1. The number of carbonyl (C=O) groups excluding carboxylic acids is 1. The predicted molar refractivity (Wildman–Crippen MR) is 81.8 cm³/mol. The van der Waals surface area contributed by atoms with Crippen LogP contribution in [0.5, 0.6) is 0 Å². The third kappa shape index (κ3) is 3.59. The molecule has 1 fully saturated rings. The fraction of sp³-hybridized carbons (Fsp3) is 0.667. The maximum absolute atomic E-state index is 12.3. The minimum atomic E-state index is -0.988. The van der Waals surface area contributed by atoms with Gasteiger partial charge in [-0.25, -0.2) is 0 Å². The summed E-state index contributed by atoms with van der Waals surface area (Å²) in [5, 5.41) is 15.3. The zero-order chi connectivity index (χ0) is 14.6. The van der Waals surface area contributed by atoms with Gasteiger partial charge in [0.25, 0.3) is 0 Å². The summed E-state index contributed by atoms with van der Waals surface area (Å²) in [5.41, 5.74) is -0.988. The average Bonchev–Trinajstić information content (AvgIpc) is 3.07. The molecule has 0 radical (unpaired) electrons. The maximum Gasteiger partial charge on any atom is 0.237 e. The van der Waals surface area contributed by atoms with E-state index in [4.69, 9.17) is 0 Å². The quantitative estimate of drug-likeness (QED) is 0.843. The van der Waals surface area contributed by atoms with Crippen LogP contribution in [0, 0.1) is 0 Å². The molecule has 1 aromatic heterocycles. The molecule has 0 aromatic carbocycles. The summed E-state index contributed by atoms with van der Waals surface area (Å²) >= 11 is 1.51. The van der Waals surface area contributed by atoms with E-state index in [9.17, 15) is 9.90 Å². The molecular weight excluding hydrogens is 272 g/mol. The number of aliphatic hydroxyl groups is 1. The summed E-state index contributed by atoms with van der Waals surface area (Å²) in [6, 6.07) is 3.79. The van der Waals surface area contributed by atoms with Crippen molar-refractivity contribution < 1.29 is 9.90 Å². The van der Waals surface area contributed by atoms with Crippen molar-refractivity contribution in [2.24, 2.45) is 0 Å². The van der Waals surface area contributed by atoms with Crippen molar-refractivity contribution in [3.8, 4) is 0 Å². The molecule has 0 bridgehead atoms. The number of likely N-dealkylation sites (tertiary alicyclic amines) is 1. The van der Waals surface area contributed by atoms with Crippen LogP contribution in [0.25, 0.3) is 0 Å². The fourth-order valence-electron chi connectivity index (χ4n) is 2.73. The van der Waals surface area contributed by atoms with Crippen LogP contribution < -0.4 is 5.32 Å². The van der Waals surface area contributed by atoms with Gasteiger partial charge in [-0.1, -0.05) is 13.0 Å². The van der Waals surface area contributed by atoms with Gasteiger partial charge in [-0.05, 0) is 50.7 Å². The zero-order valence-corrected chi connectivity index (χ0v) is 13.1. The largest absolute Gasteiger partial charge is 0.383 e. The second-order valence-electron chi connectivity index (χ2n) is 5.66. The summed E-state index contributed by atoms with van der Waals surface area (Å²) in [6.07, 6.45) is 3.07. The zero-order valence-electron chi connectivity index (χ0n) is 12.3. The summed E-state index contributed by atoms with van der Waals surface area (Å²) in [6.45, 7) is 6.13. The molecule has 1 amide bonds. The van der Waals surface area contributed by atoms with E-state index < -0.39 is 5.60 Å². The molecular formula is C15H24N2O2S. The Hall–Kier alpha value is -0.910. The standard InChI is InChI=1S/C15H24N2O2S/c1-3-8-17-9-4-6-12(17)14(18)16-11-15(2,19)13-7-5-10-20-13/h5,7,10,12,19H,3-4,6,8-9,11H2,1-2H3,(H,16,18)/t12-,15+/m1/s1. The van der Waals surface area contributed by atoms with E-state index in [0.29, 0.717) is 0 Å². The molecule has 2 N–H and O–H groups in total. The fourth-order valence-corrected chi connectivity index (χ4v) is 3.51. The SMILES string of the molecule is CCCN1CCC[C@@H]1C(=O)NC[C@](C)(O)c1cccs1. The van der Waals surface area contributed by atoms with Crippen molar-refractivity contribution >= 4 is 17.2 Å². The number of nitrogens with one attached hydrogen (secondary N) is 1. The molecule has 1 aliphatic heterocycles. The highest BCUT2D eigenvalue weighted by Crippen LogP contribution is 2.25. The van der Waals surface area contributed by atoms with Gasteiger partial charge in [0.1, 0.15) is 5.60 Å². The summed E-state index contributed by atoms with van der Waals surface area (Å²) in [4.78, 5) is 15.4. The molecule has 2 rings (SSSR count). The molecule has 5 heteroatoms. The highest BCUT2D eigenvalue weighted by molar-refractivity contribution is 7.10.